The standard InChI is InChI=1S/C17H20N2O/c1-13-10-11-15(18)12-16(13)19-17(20)9-5-8-14-6-3-2-4-7-14/h2-4,6-7,10-12H,5,8-9,18H2,1H3,(H,19,20). The third-order valence-electron chi connectivity index (χ3n) is 3.25. The predicted molar refractivity (Wildman–Crippen MR) is 83.6 cm³/mol. The fourth-order valence-electron chi connectivity index (χ4n) is 2.08. The first kappa shape index (κ1) is 14.1. The molecule has 0 atom stereocenters. The second-order valence-electron chi connectivity index (χ2n) is 4.96. The number of amides is 1. The summed E-state index contributed by atoms with van der Waals surface area (Å²) < 4.78 is 0. The van der Waals surface area contributed by atoms with Gasteiger partial charge in [0.05, 0.1) is 0 Å². The molecule has 0 radical (unpaired) electrons. The molecule has 0 spiro atoms. The summed E-state index contributed by atoms with van der Waals surface area (Å²) in [5.74, 6) is 0.0367. The summed E-state index contributed by atoms with van der Waals surface area (Å²) in [6.45, 7) is 1.96. The number of nitrogens with one attached hydrogen (secondary N) is 1. The molecular formula is C17H20N2O. The van der Waals surface area contributed by atoms with E-state index in [-0.39, 0.29) is 5.91 Å². The van der Waals surface area contributed by atoms with Crippen LogP contribution in [0, 0.1) is 6.92 Å². The number of nitrogen functional groups attached to an aromatic ring is 1. The van der Waals surface area contributed by atoms with E-state index in [0.29, 0.717) is 12.1 Å². The second-order valence-corrected chi connectivity index (χ2v) is 4.96. The molecule has 3 N–H and O–H groups in total. The molecule has 104 valence electrons. The van der Waals surface area contributed by atoms with Gasteiger partial charge in [0.15, 0.2) is 0 Å². The highest BCUT2D eigenvalue weighted by Crippen LogP contribution is 2.18. The average Bonchev–Trinajstić information content (AvgIpc) is 2.44. The Morgan fingerprint density at radius 1 is 1.15 bits per heavy atom. The van der Waals surface area contributed by atoms with Gasteiger partial charge in [0.2, 0.25) is 5.91 Å². The molecule has 3 nitrogen and oxygen atoms in total. The number of rotatable bonds is 5. The summed E-state index contributed by atoms with van der Waals surface area (Å²) in [5.41, 5.74) is 9.48. The van der Waals surface area contributed by atoms with E-state index in [2.05, 4.69) is 17.4 Å². The van der Waals surface area contributed by atoms with Crippen molar-refractivity contribution in [2.24, 2.45) is 0 Å². The first-order valence-corrected chi connectivity index (χ1v) is 6.85. The molecule has 2 rings (SSSR count). The highest BCUT2D eigenvalue weighted by Gasteiger charge is 2.05. The molecule has 0 aliphatic rings. The van der Waals surface area contributed by atoms with Crippen molar-refractivity contribution in [1.29, 1.82) is 0 Å². The highest BCUT2D eigenvalue weighted by atomic mass is 16.1. The van der Waals surface area contributed by atoms with Crippen molar-refractivity contribution >= 4 is 17.3 Å². The van der Waals surface area contributed by atoms with Crippen LogP contribution < -0.4 is 11.1 Å². The zero-order valence-corrected chi connectivity index (χ0v) is 11.7. The quantitative estimate of drug-likeness (QED) is 0.815. The molecule has 0 saturated heterocycles. The maximum Gasteiger partial charge on any atom is 0.224 e. The summed E-state index contributed by atoms with van der Waals surface area (Å²) in [7, 11) is 0. The van der Waals surface area contributed by atoms with Gasteiger partial charge in [-0.1, -0.05) is 36.4 Å². The Hall–Kier alpha value is -2.29. The Kier molecular flexibility index (Phi) is 4.77. The Morgan fingerprint density at radius 2 is 1.90 bits per heavy atom. The largest absolute Gasteiger partial charge is 0.399 e. The van der Waals surface area contributed by atoms with Crippen molar-refractivity contribution < 1.29 is 4.79 Å². The van der Waals surface area contributed by atoms with Crippen LogP contribution in [-0.2, 0) is 11.2 Å². The normalized spacial score (nSPS) is 10.2. The van der Waals surface area contributed by atoms with Crippen LogP contribution in [-0.4, -0.2) is 5.91 Å². The van der Waals surface area contributed by atoms with E-state index in [9.17, 15) is 4.79 Å². The van der Waals surface area contributed by atoms with Gasteiger partial charge in [0.1, 0.15) is 0 Å². The fourth-order valence-corrected chi connectivity index (χ4v) is 2.08. The van der Waals surface area contributed by atoms with Gasteiger partial charge in [0, 0.05) is 17.8 Å². The van der Waals surface area contributed by atoms with Crippen LogP contribution in [0.15, 0.2) is 48.5 Å². The van der Waals surface area contributed by atoms with Crippen LogP contribution in [0.25, 0.3) is 0 Å². The number of aryl methyl sites for hydroxylation is 2. The van der Waals surface area contributed by atoms with E-state index in [0.717, 1.165) is 24.1 Å². The Labute approximate surface area is 119 Å². The molecule has 0 heterocycles. The van der Waals surface area contributed by atoms with Crippen molar-refractivity contribution in [2.75, 3.05) is 11.1 Å². The number of anilines is 2. The number of benzene rings is 2. The minimum Gasteiger partial charge on any atom is -0.399 e. The average molecular weight is 268 g/mol. The first-order chi connectivity index (χ1) is 9.65. The molecule has 0 aliphatic heterocycles. The smallest absolute Gasteiger partial charge is 0.224 e. The number of carbonyl (C=O) groups is 1. The van der Waals surface area contributed by atoms with Gasteiger partial charge in [-0.25, -0.2) is 0 Å². The van der Waals surface area contributed by atoms with Crippen LogP contribution in [0.4, 0.5) is 11.4 Å². The molecule has 2 aromatic carbocycles. The SMILES string of the molecule is Cc1ccc(N)cc1NC(=O)CCCc1ccccc1. The summed E-state index contributed by atoms with van der Waals surface area (Å²) in [6, 6.07) is 15.7. The lowest BCUT2D eigenvalue weighted by Crippen LogP contribution is -2.12. The minimum atomic E-state index is 0.0367. The highest BCUT2D eigenvalue weighted by molar-refractivity contribution is 5.92. The molecule has 2 aromatic rings. The van der Waals surface area contributed by atoms with Crippen LogP contribution >= 0.6 is 0 Å². The molecule has 0 saturated carbocycles. The van der Waals surface area contributed by atoms with Crippen LogP contribution in [0.1, 0.15) is 24.0 Å². The van der Waals surface area contributed by atoms with E-state index in [1.54, 1.807) is 6.07 Å². The molecular weight excluding hydrogens is 248 g/mol. The van der Waals surface area contributed by atoms with Gasteiger partial charge in [0.25, 0.3) is 0 Å². The van der Waals surface area contributed by atoms with Gasteiger partial charge in [-0.3, -0.25) is 4.79 Å². The zero-order chi connectivity index (χ0) is 14.4. The van der Waals surface area contributed by atoms with Gasteiger partial charge < -0.3 is 11.1 Å². The lowest BCUT2D eigenvalue weighted by Gasteiger charge is -2.09. The van der Waals surface area contributed by atoms with Crippen molar-refractivity contribution in [3.63, 3.8) is 0 Å². The maximum absolute atomic E-state index is 11.9. The Balaban J connectivity index is 1.82. The third kappa shape index (κ3) is 4.12. The van der Waals surface area contributed by atoms with Gasteiger partial charge in [-0.2, -0.15) is 0 Å². The molecule has 1 amide bonds. The van der Waals surface area contributed by atoms with Gasteiger partial charge >= 0.3 is 0 Å². The third-order valence-corrected chi connectivity index (χ3v) is 3.25. The van der Waals surface area contributed by atoms with Crippen LogP contribution in [0.3, 0.4) is 0 Å². The van der Waals surface area contributed by atoms with Crippen molar-refractivity contribution in [3.8, 4) is 0 Å². The maximum atomic E-state index is 11.9. The lowest BCUT2D eigenvalue weighted by molar-refractivity contribution is -0.116. The summed E-state index contributed by atoms with van der Waals surface area (Å²) in [4.78, 5) is 11.9. The number of hydrogen-bond donors (Lipinski definition) is 2. The molecule has 0 fully saturated rings. The molecule has 3 heteroatoms. The number of hydrogen-bond acceptors (Lipinski definition) is 2. The van der Waals surface area contributed by atoms with E-state index in [1.165, 1.54) is 5.56 Å². The Morgan fingerprint density at radius 3 is 2.65 bits per heavy atom. The number of nitrogens with two attached hydrogens (primary N) is 1. The predicted octanol–water partition coefficient (Wildman–Crippen LogP) is 3.54. The first-order valence-electron chi connectivity index (χ1n) is 6.85. The fraction of sp³-hybridized carbons (Fsp3) is 0.235. The minimum absolute atomic E-state index is 0.0367. The van der Waals surface area contributed by atoms with Crippen molar-refractivity contribution in [1.82, 2.24) is 0 Å². The van der Waals surface area contributed by atoms with Crippen LogP contribution in [0.2, 0.25) is 0 Å². The van der Waals surface area contributed by atoms with E-state index >= 15 is 0 Å². The van der Waals surface area contributed by atoms with Crippen molar-refractivity contribution in [2.45, 2.75) is 26.2 Å². The summed E-state index contributed by atoms with van der Waals surface area (Å²) in [6.07, 6.45) is 2.28. The topological polar surface area (TPSA) is 55.1 Å². The van der Waals surface area contributed by atoms with Crippen LogP contribution in [0.5, 0.6) is 0 Å². The second kappa shape index (κ2) is 6.75. The summed E-state index contributed by atoms with van der Waals surface area (Å²) >= 11 is 0. The summed E-state index contributed by atoms with van der Waals surface area (Å²) in [5, 5.41) is 2.92. The Bertz CT molecular complexity index is 579. The monoisotopic (exact) mass is 268 g/mol. The van der Waals surface area contributed by atoms with Gasteiger partial charge in [-0.15, -0.1) is 0 Å². The molecule has 0 aliphatic carbocycles. The van der Waals surface area contributed by atoms with E-state index in [1.807, 2.05) is 37.3 Å². The van der Waals surface area contributed by atoms with Gasteiger partial charge in [-0.05, 0) is 43.0 Å². The molecule has 20 heavy (non-hydrogen) atoms. The van der Waals surface area contributed by atoms with E-state index in [4.69, 9.17) is 5.73 Å². The number of carbonyl (C=O) groups excluding carboxylic acids is 1. The van der Waals surface area contributed by atoms with Crippen molar-refractivity contribution in [3.05, 3.63) is 59.7 Å². The van der Waals surface area contributed by atoms with E-state index < -0.39 is 0 Å². The molecule has 0 bridgehead atoms. The molecule has 0 aromatic heterocycles. The lowest BCUT2D eigenvalue weighted by atomic mass is 10.1. The molecule has 0 unspecified atom stereocenters. The zero-order valence-electron chi connectivity index (χ0n) is 11.7.